The van der Waals surface area contributed by atoms with Crippen LogP contribution in [-0.4, -0.2) is 35.6 Å². The molecule has 3 N–H and O–H groups in total. The standard InChI is InChI=1S/C22H23N3O6S2/c1-3-32(27,28)24-18-13-11-17(12-14-18)23-22(26)16-7-6-8-19(15-16)33(29,30)25-20-9-4-5-10-21(20)31-2/h4-15,24-25H,3H2,1-2H3,(H,23,26). The molecule has 0 saturated heterocycles. The second-order valence-electron chi connectivity index (χ2n) is 6.87. The summed E-state index contributed by atoms with van der Waals surface area (Å²) in [4.78, 5) is 12.6. The van der Waals surface area contributed by atoms with Crippen molar-refractivity contribution in [3.05, 3.63) is 78.4 Å². The fraction of sp³-hybridized carbons (Fsp3) is 0.136. The summed E-state index contributed by atoms with van der Waals surface area (Å²) in [5, 5.41) is 2.66. The summed E-state index contributed by atoms with van der Waals surface area (Å²) < 4.78 is 59.0. The Balaban J connectivity index is 1.75. The van der Waals surface area contributed by atoms with Crippen molar-refractivity contribution in [1.82, 2.24) is 0 Å². The van der Waals surface area contributed by atoms with Crippen LogP contribution < -0.4 is 19.5 Å². The summed E-state index contributed by atoms with van der Waals surface area (Å²) in [7, 11) is -5.95. The molecule has 0 heterocycles. The van der Waals surface area contributed by atoms with Crippen molar-refractivity contribution in [3.8, 4) is 5.75 Å². The Morgan fingerprint density at radius 2 is 1.52 bits per heavy atom. The number of ether oxygens (including phenoxy) is 1. The maximum absolute atomic E-state index is 12.8. The van der Waals surface area contributed by atoms with Crippen LogP contribution in [0, 0.1) is 0 Å². The van der Waals surface area contributed by atoms with Crippen LogP contribution >= 0.6 is 0 Å². The van der Waals surface area contributed by atoms with Gasteiger partial charge in [-0.2, -0.15) is 0 Å². The van der Waals surface area contributed by atoms with E-state index in [0.717, 1.165) is 0 Å². The van der Waals surface area contributed by atoms with Crippen molar-refractivity contribution in [2.45, 2.75) is 11.8 Å². The smallest absolute Gasteiger partial charge is 0.262 e. The van der Waals surface area contributed by atoms with Gasteiger partial charge in [0.15, 0.2) is 0 Å². The van der Waals surface area contributed by atoms with Crippen molar-refractivity contribution in [2.75, 3.05) is 27.6 Å². The van der Waals surface area contributed by atoms with E-state index >= 15 is 0 Å². The highest BCUT2D eigenvalue weighted by molar-refractivity contribution is 7.93. The second kappa shape index (κ2) is 9.92. The molecule has 0 unspecified atom stereocenters. The summed E-state index contributed by atoms with van der Waals surface area (Å²) in [5.41, 5.74) is 1.19. The predicted octanol–water partition coefficient (Wildman–Crippen LogP) is 3.51. The molecular formula is C22H23N3O6S2. The fourth-order valence-corrected chi connectivity index (χ4v) is 4.57. The van der Waals surface area contributed by atoms with Gasteiger partial charge in [-0.3, -0.25) is 14.2 Å². The lowest BCUT2D eigenvalue weighted by atomic mass is 10.2. The summed E-state index contributed by atoms with van der Waals surface area (Å²) >= 11 is 0. The Bertz CT molecular complexity index is 1350. The first-order chi connectivity index (χ1) is 15.6. The monoisotopic (exact) mass is 489 g/mol. The fourth-order valence-electron chi connectivity index (χ4n) is 2.81. The Hall–Kier alpha value is -3.57. The van der Waals surface area contributed by atoms with E-state index in [2.05, 4.69) is 14.8 Å². The minimum Gasteiger partial charge on any atom is -0.495 e. The first kappa shape index (κ1) is 24.1. The van der Waals surface area contributed by atoms with Gasteiger partial charge in [-0.1, -0.05) is 18.2 Å². The number of sulfonamides is 2. The van der Waals surface area contributed by atoms with Crippen molar-refractivity contribution < 1.29 is 26.4 Å². The van der Waals surface area contributed by atoms with Gasteiger partial charge in [0.1, 0.15) is 5.75 Å². The number of anilines is 3. The van der Waals surface area contributed by atoms with E-state index in [0.29, 0.717) is 17.1 Å². The van der Waals surface area contributed by atoms with Gasteiger partial charge in [0.2, 0.25) is 10.0 Å². The van der Waals surface area contributed by atoms with E-state index < -0.39 is 26.0 Å². The van der Waals surface area contributed by atoms with E-state index in [-0.39, 0.29) is 21.9 Å². The molecule has 1 amide bonds. The first-order valence-corrected chi connectivity index (χ1v) is 12.9. The summed E-state index contributed by atoms with van der Waals surface area (Å²) in [5.74, 6) is -0.220. The molecule has 0 spiro atoms. The number of methoxy groups -OCH3 is 1. The first-order valence-electron chi connectivity index (χ1n) is 9.81. The zero-order chi connectivity index (χ0) is 24.1. The van der Waals surface area contributed by atoms with Crippen LogP contribution in [0.3, 0.4) is 0 Å². The average molecular weight is 490 g/mol. The number of amides is 1. The van der Waals surface area contributed by atoms with Gasteiger partial charge in [0, 0.05) is 16.9 Å². The van der Waals surface area contributed by atoms with Gasteiger partial charge < -0.3 is 10.1 Å². The molecule has 0 fully saturated rings. The topological polar surface area (TPSA) is 131 Å². The van der Waals surface area contributed by atoms with Crippen molar-refractivity contribution in [3.63, 3.8) is 0 Å². The normalized spacial score (nSPS) is 11.5. The summed E-state index contributed by atoms with van der Waals surface area (Å²) in [6.07, 6.45) is 0. The molecule has 33 heavy (non-hydrogen) atoms. The number of hydrogen-bond donors (Lipinski definition) is 3. The Morgan fingerprint density at radius 3 is 2.18 bits per heavy atom. The molecule has 3 aromatic carbocycles. The number of nitrogens with one attached hydrogen (secondary N) is 3. The van der Waals surface area contributed by atoms with Gasteiger partial charge in [-0.15, -0.1) is 0 Å². The zero-order valence-corrected chi connectivity index (χ0v) is 19.5. The van der Waals surface area contributed by atoms with E-state index in [9.17, 15) is 21.6 Å². The van der Waals surface area contributed by atoms with Crippen LogP contribution in [0.25, 0.3) is 0 Å². The second-order valence-corrected chi connectivity index (χ2v) is 10.6. The predicted molar refractivity (Wildman–Crippen MR) is 128 cm³/mol. The molecule has 0 aliphatic heterocycles. The quantitative estimate of drug-likeness (QED) is 0.422. The Morgan fingerprint density at radius 1 is 0.848 bits per heavy atom. The Labute approximate surface area is 192 Å². The number of benzene rings is 3. The summed E-state index contributed by atoms with van der Waals surface area (Å²) in [6, 6.07) is 18.3. The van der Waals surface area contributed by atoms with Gasteiger partial charge in [-0.05, 0) is 61.5 Å². The van der Waals surface area contributed by atoms with Crippen molar-refractivity contribution >= 4 is 43.0 Å². The van der Waals surface area contributed by atoms with E-state index in [4.69, 9.17) is 4.74 Å². The number of rotatable bonds is 9. The zero-order valence-electron chi connectivity index (χ0n) is 17.9. The highest BCUT2D eigenvalue weighted by Gasteiger charge is 2.18. The molecule has 0 atom stereocenters. The highest BCUT2D eigenvalue weighted by Crippen LogP contribution is 2.26. The van der Waals surface area contributed by atoms with Crippen molar-refractivity contribution in [2.24, 2.45) is 0 Å². The van der Waals surface area contributed by atoms with Crippen LogP contribution in [-0.2, 0) is 20.0 Å². The van der Waals surface area contributed by atoms with E-state index in [1.807, 2.05) is 0 Å². The molecule has 0 aliphatic carbocycles. The lowest BCUT2D eigenvalue weighted by Gasteiger charge is -2.12. The molecule has 174 valence electrons. The summed E-state index contributed by atoms with van der Waals surface area (Å²) in [6.45, 7) is 1.52. The number of para-hydroxylation sites is 2. The van der Waals surface area contributed by atoms with Crippen LogP contribution in [0.4, 0.5) is 17.1 Å². The molecule has 9 nitrogen and oxygen atoms in total. The third-order valence-electron chi connectivity index (χ3n) is 4.55. The molecule has 3 rings (SSSR count). The molecule has 11 heteroatoms. The number of carbonyl (C=O) groups is 1. The molecule has 0 bridgehead atoms. The number of hydrogen-bond acceptors (Lipinski definition) is 6. The molecule has 0 aromatic heterocycles. The van der Waals surface area contributed by atoms with Crippen molar-refractivity contribution in [1.29, 1.82) is 0 Å². The Kier molecular flexibility index (Phi) is 7.24. The van der Waals surface area contributed by atoms with Crippen LogP contribution in [0.15, 0.2) is 77.7 Å². The van der Waals surface area contributed by atoms with Crippen LogP contribution in [0.5, 0.6) is 5.75 Å². The number of carbonyl (C=O) groups excluding carboxylic acids is 1. The minimum atomic E-state index is -3.98. The molecule has 0 aliphatic rings. The van der Waals surface area contributed by atoms with Crippen LogP contribution in [0.2, 0.25) is 0 Å². The largest absolute Gasteiger partial charge is 0.495 e. The molecular weight excluding hydrogens is 466 g/mol. The van der Waals surface area contributed by atoms with Crippen LogP contribution in [0.1, 0.15) is 17.3 Å². The molecule has 3 aromatic rings. The lowest BCUT2D eigenvalue weighted by molar-refractivity contribution is 0.102. The van der Waals surface area contributed by atoms with Gasteiger partial charge in [0.05, 0.1) is 23.4 Å². The van der Waals surface area contributed by atoms with Gasteiger partial charge in [0.25, 0.3) is 15.9 Å². The SMILES string of the molecule is CCS(=O)(=O)Nc1ccc(NC(=O)c2cccc(S(=O)(=O)Nc3ccccc3OC)c2)cc1. The molecule has 0 saturated carbocycles. The lowest BCUT2D eigenvalue weighted by Crippen LogP contribution is -2.16. The maximum Gasteiger partial charge on any atom is 0.262 e. The average Bonchev–Trinajstić information content (AvgIpc) is 2.80. The highest BCUT2D eigenvalue weighted by atomic mass is 32.2. The maximum atomic E-state index is 12.8. The third kappa shape index (κ3) is 6.24. The minimum absolute atomic E-state index is 0.0589. The van der Waals surface area contributed by atoms with E-state index in [1.54, 1.807) is 24.3 Å². The molecule has 0 radical (unpaired) electrons. The van der Waals surface area contributed by atoms with Gasteiger partial charge in [-0.25, -0.2) is 16.8 Å². The van der Waals surface area contributed by atoms with Gasteiger partial charge >= 0.3 is 0 Å². The van der Waals surface area contributed by atoms with E-state index in [1.165, 1.54) is 62.6 Å². The third-order valence-corrected chi connectivity index (χ3v) is 7.22.